The molecule has 6 rings (SSSR count). The molecule has 3 aromatic heterocycles. The number of aromatic amines is 1. The zero-order valence-electron chi connectivity index (χ0n) is 23.2. The van der Waals surface area contributed by atoms with Gasteiger partial charge in [-0.15, -0.1) is 10.2 Å². The third-order valence-electron chi connectivity index (χ3n) is 7.34. The lowest BCUT2D eigenvalue weighted by Gasteiger charge is -2.14. The Labute approximate surface area is 235 Å². The van der Waals surface area contributed by atoms with Gasteiger partial charge in [-0.25, -0.2) is 9.78 Å². The number of nitrogens with zero attached hydrogens (tertiary/aromatic N) is 7. The molecular weight excluding hydrogens is 516 g/mol. The number of tetrazole rings is 1. The summed E-state index contributed by atoms with van der Waals surface area (Å²) in [7, 11) is 1.53. The van der Waals surface area contributed by atoms with Gasteiger partial charge in [0.25, 0.3) is 5.56 Å². The van der Waals surface area contributed by atoms with Crippen LogP contribution in [0.4, 0.5) is 0 Å². The number of aromatic nitrogens is 8. The van der Waals surface area contributed by atoms with Gasteiger partial charge in [-0.2, -0.15) is 5.21 Å². The van der Waals surface area contributed by atoms with E-state index in [0.29, 0.717) is 36.5 Å². The van der Waals surface area contributed by atoms with Gasteiger partial charge in [0.1, 0.15) is 5.82 Å². The molecule has 0 aliphatic heterocycles. The summed E-state index contributed by atoms with van der Waals surface area (Å²) < 4.78 is 4.74. The van der Waals surface area contributed by atoms with Crippen LogP contribution in [0, 0.1) is 0 Å². The van der Waals surface area contributed by atoms with Crippen LogP contribution < -0.4 is 11.2 Å². The van der Waals surface area contributed by atoms with E-state index in [1.165, 1.54) is 11.6 Å². The Balaban J connectivity index is 1.48. The SMILES string of the molecule is CC(C)c1nc2c(c(=O)n(C)c(=O)n2CCc2ccccc2)n1Cc1ccc(-c2ccccc2)c(-c2nn[nH]n2)c1. The van der Waals surface area contributed by atoms with Crippen LogP contribution in [-0.2, 0) is 26.6 Å². The quantitative estimate of drug-likeness (QED) is 0.307. The molecule has 3 aromatic carbocycles. The molecule has 206 valence electrons. The van der Waals surface area contributed by atoms with Crippen molar-refractivity contribution in [3.05, 3.63) is 117 Å². The van der Waals surface area contributed by atoms with Gasteiger partial charge in [0.2, 0.25) is 5.82 Å². The van der Waals surface area contributed by atoms with Crippen molar-refractivity contribution in [2.75, 3.05) is 0 Å². The van der Waals surface area contributed by atoms with E-state index in [-0.39, 0.29) is 17.2 Å². The van der Waals surface area contributed by atoms with E-state index >= 15 is 0 Å². The normalized spacial score (nSPS) is 11.5. The molecule has 0 saturated heterocycles. The summed E-state index contributed by atoms with van der Waals surface area (Å²) in [4.78, 5) is 31.7. The number of fused-ring (bicyclic) bond motifs is 1. The molecule has 0 atom stereocenters. The van der Waals surface area contributed by atoms with Crippen molar-refractivity contribution in [1.82, 2.24) is 39.3 Å². The molecule has 0 bridgehead atoms. The molecule has 0 spiro atoms. The first kappa shape index (κ1) is 26.1. The Morgan fingerprint density at radius 2 is 1.59 bits per heavy atom. The predicted octanol–water partition coefficient (Wildman–Crippen LogP) is 4.16. The number of benzene rings is 3. The highest BCUT2D eigenvalue weighted by Gasteiger charge is 2.23. The summed E-state index contributed by atoms with van der Waals surface area (Å²) in [6.07, 6.45) is 0.646. The number of imidazole rings is 1. The molecule has 41 heavy (non-hydrogen) atoms. The first-order chi connectivity index (χ1) is 19.9. The maximum Gasteiger partial charge on any atom is 0.332 e. The van der Waals surface area contributed by atoms with Gasteiger partial charge in [0, 0.05) is 31.6 Å². The Morgan fingerprint density at radius 1 is 0.854 bits per heavy atom. The summed E-state index contributed by atoms with van der Waals surface area (Å²) in [5.74, 6) is 1.24. The van der Waals surface area contributed by atoms with Crippen molar-refractivity contribution in [2.24, 2.45) is 7.05 Å². The highest BCUT2D eigenvalue weighted by atomic mass is 16.2. The van der Waals surface area contributed by atoms with Crippen molar-refractivity contribution in [1.29, 1.82) is 0 Å². The molecule has 0 fully saturated rings. The molecule has 1 N–H and O–H groups in total. The molecule has 3 heterocycles. The van der Waals surface area contributed by atoms with E-state index < -0.39 is 0 Å². The number of nitrogens with one attached hydrogen (secondary N) is 1. The Kier molecular flexibility index (Phi) is 6.88. The third kappa shape index (κ3) is 4.88. The van der Waals surface area contributed by atoms with Crippen molar-refractivity contribution < 1.29 is 0 Å². The molecule has 0 saturated carbocycles. The maximum atomic E-state index is 13.6. The van der Waals surface area contributed by atoms with Gasteiger partial charge in [-0.3, -0.25) is 13.9 Å². The minimum Gasteiger partial charge on any atom is -0.317 e. The summed E-state index contributed by atoms with van der Waals surface area (Å²) in [5.41, 5.74) is 4.98. The number of hydrogen-bond donors (Lipinski definition) is 1. The number of hydrogen-bond acceptors (Lipinski definition) is 6. The minimum absolute atomic E-state index is 0.0186. The summed E-state index contributed by atoms with van der Waals surface area (Å²) in [5, 5.41) is 14.8. The van der Waals surface area contributed by atoms with Gasteiger partial charge in [0.15, 0.2) is 11.2 Å². The van der Waals surface area contributed by atoms with Crippen LogP contribution in [0.1, 0.15) is 36.7 Å². The fraction of sp³-hybridized carbons (Fsp3) is 0.226. The number of rotatable bonds is 8. The van der Waals surface area contributed by atoms with Crippen molar-refractivity contribution in [3.63, 3.8) is 0 Å². The van der Waals surface area contributed by atoms with E-state index in [2.05, 4.69) is 20.6 Å². The first-order valence-corrected chi connectivity index (χ1v) is 13.6. The minimum atomic E-state index is -0.370. The van der Waals surface area contributed by atoms with E-state index in [4.69, 9.17) is 4.98 Å². The fourth-order valence-corrected chi connectivity index (χ4v) is 5.26. The Bertz CT molecular complexity index is 1940. The lowest BCUT2D eigenvalue weighted by molar-refractivity contribution is 0.619. The van der Waals surface area contributed by atoms with Crippen LogP contribution in [0.5, 0.6) is 0 Å². The highest BCUT2D eigenvalue weighted by molar-refractivity contribution is 5.81. The van der Waals surface area contributed by atoms with Crippen LogP contribution in [0.2, 0.25) is 0 Å². The highest BCUT2D eigenvalue weighted by Crippen LogP contribution is 2.31. The van der Waals surface area contributed by atoms with Crippen LogP contribution in [0.15, 0.2) is 88.5 Å². The molecule has 10 nitrogen and oxygen atoms in total. The maximum absolute atomic E-state index is 13.6. The van der Waals surface area contributed by atoms with Crippen LogP contribution in [-0.4, -0.2) is 39.3 Å². The van der Waals surface area contributed by atoms with Crippen molar-refractivity contribution in [3.8, 4) is 22.5 Å². The number of H-pyrrole nitrogens is 1. The standard InChI is InChI=1S/C31H30N8O2/c1-20(2)28-32-29-26(30(40)37(3)31(41)38(29)17-16-21-10-6-4-7-11-21)39(28)19-22-14-15-24(23-12-8-5-9-13-23)25(18-22)27-33-35-36-34-27/h4-15,18,20H,16-17,19H2,1-3H3,(H,33,34,35,36). The van der Waals surface area contributed by atoms with Crippen molar-refractivity contribution in [2.45, 2.75) is 39.3 Å². The third-order valence-corrected chi connectivity index (χ3v) is 7.34. The monoisotopic (exact) mass is 546 g/mol. The summed E-state index contributed by atoms with van der Waals surface area (Å²) in [6.45, 7) is 4.88. The first-order valence-electron chi connectivity index (χ1n) is 13.6. The smallest absolute Gasteiger partial charge is 0.317 e. The van der Waals surface area contributed by atoms with Gasteiger partial charge in [0.05, 0.1) is 0 Å². The van der Waals surface area contributed by atoms with Gasteiger partial charge < -0.3 is 4.57 Å². The second kappa shape index (κ2) is 10.8. The van der Waals surface area contributed by atoms with Crippen LogP contribution in [0.25, 0.3) is 33.7 Å². The number of aryl methyl sites for hydroxylation is 2. The zero-order chi connectivity index (χ0) is 28.5. The lowest BCUT2D eigenvalue weighted by Crippen LogP contribution is -2.39. The Hall–Kier alpha value is -5.12. The second-order valence-corrected chi connectivity index (χ2v) is 10.4. The summed E-state index contributed by atoms with van der Waals surface area (Å²) in [6, 6.07) is 26.1. The molecule has 0 aliphatic rings. The van der Waals surface area contributed by atoms with E-state index in [1.807, 2.05) is 97.3 Å². The summed E-state index contributed by atoms with van der Waals surface area (Å²) >= 11 is 0. The Morgan fingerprint density at radius 3 is 2.27 bits per heavy atom. The largest absolute Gasteiger partial charge is 0.332 e. The van der Waals surface area contributed by atoms with E-state index in [1.54, 1.807) is 4.57 Å². The molecule has 0 amide bonds. The van der Waals surface area contributed by atoms with Crippen molar-refractivity contribution >= 4 is 11.2 Å². The van der Waals surface area contributed by atoms with Gasteiger partial charge >= 0.3 is 5.69 Å². The average molecular weight is 547 g/mol. The molecule has 10 heteroatoms. The molecule has 0 aliphatic carbocycles. The lowest BCUT2D eigenvalue weighted by atomic mass is 9.97. The van der Waals surface area contributed by atoms with E-state index in [0.717, 1.165) is 33.6 Å². The van der Waals surface area contributed by atoms with Gasteiger partial charge in [-0.05, 0) is 40.0 Å². The van der Waals surface area contributed by atoms with E-state index in [9.17, 15) is 9.59 Å². The fourth-order valence-electron chi connectivity index (χ4n) is 5.26. The van der Waals surface area contributed by atoms with Gasteiger partial charge in [-0.1, -0.05) is 86.6 Å². The second-order valence-electron chi connectivity index (χ2n) is 10.4. The topological polar surface area (TPSA) is 116 Å². The molecular formula is C31H30N8O2. The zero-order valence-corrected chi connectivity index (χ0v) is 23.2. The predicted molar refractivity (Wildman–Crippen MR) is 158 cm³/mol. The molecule has 6 aromatic rings. The molecule has 0 radical (unpaired) electrons. The van der Waals surface area contributed by atoms with Crippen LogP contribution >= 0.6 is 0 Å². The van der Waals surface area contributed by atoms with Crippen LogP contribution in [0.3, 0.4) is 0 Å². The average Bonchev–Trinajstić information content (AvgIpc) is 3.66. The molecule has 0 unspecified atom stereocenters.